The van der Waals surface area contributed by atoms with Gasteiger partial charge in [-0.25, -0.2) is 4.98 Å². The van der Waals surface area contributed by atoms with Crippen LogP contribution in [-0.4, -0.2) is 9.97 Å². The van der Waals surface area contributed by atoms with Crippen LogP contribution in [-0.2, 0) is 6.61 Å². The van der Waals surface area contributed by atoms with Crippen LogP contribution in [0.4, 0.5) is 0 Å². The number of hydrogen-bond acceptors (Lipinski definition) is 4. The van der Waals surface area contributed by atoms with Crippen LogP contribution in [0.15, 0.2) is 101 Å². The summed E-state index contributed by atoms with van der Waals surface area (Å²) in [6, 6.07) is 32.4. The van der Waals surface area contributed by atoms with Crippen molar-refractivity contribution in [3.63, 3.8) is 0 Å². The Labute approximate surface area is 190 Å². The monoisotopic (exact) mass is 433 g/mol. The summed E-state index contributed by atoms with van der Waals surface area (Å²) in [4.78, 5) is 8.33. The number of thioether (sulfide) groups is 1. The Balaban J connectivity index is 1.28. The standard InChI is InChI=1S/C27H19N3OS/c28-17-23(32-27-29-25-10-3-4-11-26(25)30-27)16-19-12-14-22(15-13-19)31-18-21-8-5-7-20-6-1-2-9-24(20)21/h1-16H,18H2,(H,29,30)/b23-16+. The van der Waals surface area contributed by atoms with Crippen molar-refractivity contribution in [1.82, 2.24) is 9.97 Å². The predicted octanol–water partition coefficient (Wildman–Crippen LogP) is 6.95. The van der Waals surface area contributed by atoms with Gasteiger partial charge in [-0.05, 0) is 64.0 Å². The SMILES string of the molecule is N#C/C(=C\c1ccc(OCc2cccc3ccccc23)cc1)Sc1nc2ccccc2[nH]1. The van der Waals surface area contributed by atoms with E-state index in [0.717, 1.165) is 27.9 Å². The first-order valence-corrected chi connectivity index (χ1v) is 11.0. The number of aromatic amines is 1. The highest BCUT2D eigenvalue weighted by Crippen LogP contribution is 2.28. The molecule has 0 aliphatic heterocycles. The van der Waals surface area contributed by atoms with Crippen molar-refractivity contribution < 1.29 is 4.74 Å². The normalized spacial score (nSPS) is 11.5. The molecular formula is C27H19N3OS. The average Bonchev–Trinajstić information content (AvgIpc) is 3.25. The third-order valence-corrected chi connectivity index (χ3v) is 5.95. The molecule has 0 spiro atoms. The number of imidazole rings is 1. The van der Waals surface area contributed by atoms with E-state index in [2.05, 4.69) is 46.4 Å². The molecule has 0 aliphatic carbocycles. The van der Waals surface area contributed by atoms with Crippen LogP contribution in [0.25, 0.3) is 27.9 Å². The molecule has 1 N–H and O–H groups in total. The summed E-state index contributed by atoms with van der Waals surface area (Å²) in [7, 11) is 0. The van der Waals surface area contributed by atoms with E-state index in [1.54, 1.807) is 0 Å². The van der Waals surface area contributed by atoms with Crippen molar-refractivity contribution in [3.05, 3.63) is 107 Å². The molecule has 5 rings (SSSR count). The van der Waals surface area contributed by atoms with Crippen molar-refractivity contribution in [2.75, 3.05) is 0 Å². The first kappa shape index (κ1) is 19.9. The van der Waals surface area contributed by atoms with Gasteiger partial charge >= 0.3 is 0 Å². The second-order valence-corrected chi connectivity index (χ2v) is 8.31. The van der Waals surface area contributed by atoms with Crippen LogP contribution >= 0.6 is 11.8 Å². The third-order valence-electron chi connectivity index (χ3n) is 5.14. The molecule has 32 heavy (non-hydrogen) atoms. The Kier molecular flexibility index (Phi) is 5.61. The fraction of sp³-hybridized carbons (Fsp3) is 0.0370. The number of hydrogen-bond donors (Lipinski definition) is 1. The molecule has 0 radical (unpaired) electrons. The smallest absolute Gasteiger partial charge is 0.171 e. The quantitative estimate of drug-likeness (QED) is 0.232. The number of rotatable bonds is 6. The number of nitriles is 1. The topological polar surface area (TPSA) is 61.7 Å². The minimum atomic E-state index is 0.502. The van der Waals surface area contributed by atoms with Crippen LogP contribution in [0.2, 0.25) is 0 Å². The van der Waals surface area contributed by atoms with Crippen LogP contribution in [0, 0.1) is 11.3 Å². The summed E-state index contributed by atoms with van der Waals surface area (Å²) >= 11 is 1.32. The van der Waals surface area contributed by atoms with Gasteiger partial charge in [-0.3, -0.25) is 0 Å². The zero-order valence-corrected chi connectivity index (χ0v) is 18.0. The fourth-order valence-corrected chi connectivity index (χ4v) is 4.31. The summed E-state index contributed by atoms with van der Waals surface area (Å²) < 4.78 is 6.01. The summed E-state index contributed by atoms with van der Waals surface area (Å²) in [6.07, 6.45) is 1.85. The highest BCUT2D eigenvalue weighted by molar-refractivity contribution is 8.03. The minimum Gasteiger partial charge on any atom is -0.489 e. The number of nitrogens with zero attached hydrogens (tertiary/aromatic N) is 2. The number of aromatic nitrogens is 2. The zero-order chi connectivity index (χ0) is 21.8. The van der Waals surface area contributed by atoms with E-state index in [0.29, 0.717) is 16.7 Å². The summed E-state index contributed by atoms with van der Waals surface area (Å²) in [5.41, 5.74) is 3.93. The molecule has 0 saturated carbocycles. The fourth-order valence-electron chi connectivity index (χ4n) is 3.56. The van der Waals surface area contributed by atoms with Gasteiger partial charge < -0.3 is 9.72 Å². The highest BCUT2D eigenvalue weighted by Gasteiger charge is 2.07. The van der Waals surface area contributed by atoms with Gasteiger partial charge in [0.25, 0.3) is 0 Å². The Morgan fingerprint density at radius 2 is 1.72 bits per heavy atom. The van der Waals surface area contributed by atoms with Crippen molar-refractivity contribution >= 4 is 39.6 Å². The van der Waals surface area contributed by atoms with E-state index in [1.165, 1.54) is 22.5 Å². The van der Waals surface area contributed by atoms with Gasteiger partial charge in [0.2, 0.25) is 0 Å². The van der Waals surface area contributed by atoms with E-state index >= 15 is 0 Å². The highest BCUT2D eigenvalue weighted by atomic mass is 32.2. The number of allylic oxidation sites excluding steroid dienone is 1. The maximum Gasteiger partial charge on any atom is 0.171 e. The van der Waals surface area contributed by atoms with Crippen molar-refractivity contribution in [2.45, 2.75) is 11.8 Å². The molecular weight excluding hydrogens is 414 g/mol. The van der Waals surface area contributed by atoms with Gasteiger partial charge in [-0.1, -0.05) is 66.7 Å². The third kappa shape index (κ3) is 4.36. The maximum atomic E-state index is 9.57. The Bertz CT molecular complexity index is 1420. The molecule has 0 atom stereocenters. The van der Waals surface area contributed by atoms with Gasteiger partial charge in [-0.15, -0.1) is 0 Å². The first-order valence-electron chi connectivity index (χ1n) is 10.2. The number of benzene rings is 4. The molecule has 0 amide bonds. The lowest BCUT2D eigenvalue weighted by Crippen LogP contribution is -1.96. The summed E-state index contributed by atoms with van der Waals surface area (Å²) in [5, 5.41) is 12.7. The van der Waals surface area contributed by atoms with Gasteiger partial charge in [0.15, 0.2) is 5.16 Å². The summed E-state index contributed by atoms with van der Waals surface area (Å²) in [6.45, 7) is 0.502. The molecule has 5 aromatic rings. The van der Waals surface area contributed by atoms with E-state index in [9.17, 15) is 5.26 Å². The van der Waals surface area contributed by atoms with Crippen molar-refractivity contribution in [1.29, 1.82) is 5.26 Å². The van der Waals surface area contributed by atoms with Crippen LogP contribution < -0.4 is 4.74 Å². The van der Waals surface area contributed by atoms with Crippen LogP contribution in [0.3, 0.4) is 0 Å². The molecule has 4 nitrogen and oxygen atoms in total. The van der Waals surface area contributed by atoms with E-state index < -0.39 is 0 Å². The molecule has 0 saturated heterocycles. The van der Waals surface area contributed by atoms with E-state index in [4.69, 9.17) is 4.74 Å². The second-order valence-electron chi connectivity index (χ2n) is 7.28. The first-order chi connectivity index (χ1) is 15.8. The number of nitrogens with one attached hydrogen (secondary N) is 1. The molecule has 5 heteroatoms. The maximum absolute atomic E-state index is 9.57. The lowest BCUT2D eigenvalue weighted by molar-refractivity contribution is 0.307. The number of para-hydroxylation sites is 2. The molecule has 1 heterocycles. The molecule has 4 aromatic carbocycles. The Hall–Kier alpha value is -4.01. The molecule has 0 aliphatic rings. The molecule has 0 bridgehead atoms. The largest absolute Gasteiger partial charge is 0.489 e. The van der Waals surface area contributed by atoms with Gasteiger partial charge in [0.05, 0.1) is 15.9 Å². The Morgan fingerprint density at radius 3 is 2.56 bits per heavy atom. The molecule has 154 valence electrons. The molecule has 0 unspecified atom stereocenters. The minimum absolute atomic E-state index is 0.502. The number of fused-ring (bicyclic) bond motifs is 2. The number of H-pyrrole nitrogens is 1. The average molecular weight is 434 g/mol. The predicted molar refractivity (Wildman–Crippen MR) is 130 cm³/mol. The second kappa shape index (κ2) is 9.01. The molecule has 0 fully saturated rings. The lowest BCUT2D eigenvalue weighted by Gasteiger charge is -2.09. The van der Waals surface area contributed by atoms with Gasteiger partial charge in [-0.2, -0.15) is 5.26 Å². The van der Waals surface area contributed by atoms with Crippen LogP contribution in [0.1, 0.15) is 11.1 Å². The lowest BCUT2D eigenvalue weighted by atomic mass is 10.1. The zero-order valence-electron chi connectivity index (χ0n) is 17.2. The van der Waals surface area contributed by atoms with E-state index in [1.807, 2.05) is 66.7 Å². The van der Waals surface area contributed by atoms with E-state index in [-0.39, 0.29) is 0 Å². The van der Waals surface area contributed by atoms with Crippen molar-refractivity contribution in [2.24, 2.45) is 0 Å². The van der Waals surface area contributed by atoms with Crippen LogP contribution in [0.5, 0.6) is 5.75 Å². The molecule has 1 aromatic heterocycles. The van der Waals surface area contributed by atoms with Gasteiger partial charge in [0, 0.05) is 0 Å². The summed E-state index contributed by atoms with van der Waals surface area (Å²) in [5.74, 6) is 0.790. The Morgan fingerprint density at radius 1 is 0.938 bits per heavy atom. The van der Waals surface area contributed by atoms with Crippen molar-refractivity contribution in [3.8, 4) is 11.8 Å². The van der Waals surface area contributed by atoms with Gasteiger partial charge in [0.1, 0.15) is 18.4 Å². The number of ether oxygens (including phenoxy) is 1.